The molecule has 4 nitrogen and oxygen atoms in total. The van der Waals surface area contributed by atoms with E-state index in [9.17, 15) is 4.79 Å². The predicted octanol–water partition coefficient (Wildman–Crippen LogP) is 2.35. The van der Waals surface area contributed by atoms with E-state index < -0.39 is 0 Å². The molecule has 1 spiro atoms. The molecule has 2 aliphatic heterocycles. The van der Waals surface area contributed by atoms with Gasteiger partial charge in [0.2, 0.25) is 5.91 Å². The molecule has 1 unspecified atom stereocenters. The highest BCUT2D eigenvalue weighted by atomic mass is 32.2. The molecular formula is C16H20N2O2S. The van der Waals surface area contributed by atoms with E-state index in [1.54, 1.807) is 12.4 Å². The van der Waals surface area contributed by atoms with Crippen LogP contribution in [0.4, 0.5) is 0 Å². The Hall–Kier alpha value is -1.23. The van der Waals surface area contributed by atoms with Crippen molar-refractivity contribution in [3.63, 3.8) is 0 Å². The van der Waals surface area contributed by atoms with Gasteiger partial charge in [0, 0.05) is 37.9 Å². The number of rotatable bonds is 4. The van der Waals surface area contributed by atoms with Crippen LogP contribution >= 0.6 is 11.8 Å². The van der Waals surface area contributed by atoms with Crippen LogP contribution in [-0.4, -0.2) is 45.5 Å². The minimum atomic E-state index is 0.250. The number of hydrogen-bond donors (Lipinski definition) is 0. The number of likely N-dealkylation sites (tertiary alicyclic amines) is 1. The van der Waals surface area contributed by atoms with Crippen LogP contribution in [0.5, 0.6) is 5.75 Å². The molecule has 1 saturated carbocycles. The van der Waals surface area contributed by atoms with Gasteiger partial charge in [-0.15, -0.1) is 11.8 Å². The molecular weight excluding hydrogens is 284 g/mol. The fourth-order valence-electron chi connectivity index (χ4n) is 3.23. The van der Waals surface area contributed by atoms with Crippen molar-refractivity contribution in [2.24, 2.45) is 5.92 Å². The van der Waals surface area contributed by atoms with E-state index in [0.29, 0.717) is 11.8 Å². The molecule has 3 aliphatic rings. The van der Waals surface area contributed by atoms with Gasteiger partial charge < -0.3 is 9.64 Å². The van der Waals surface area contributed by atoms with Crippen molar-refractivity contribution in [3.8, 4) is 5.75 Å². The Bertz CT molecular complexity index is 526. The van der Waals surface area contributed by atoms with Crippen molar-refractivity contribution in [2.75, 3.05) is 18.8 Å². The van der Waals surface area contributed by atoms with E-state index in [4.69, 9.17) is 4.74 Å². The SMILES string of the molecule is O=C(CC1CC1)N1CC2(CC(Oc3cccnc3)CS2)C1. The van der Waals surface area contributed by atoms with Gasteiger partial charge >= 0.3 is 0 Å². The number of hydrogen-bond acceptors (Lipinski definition) is 4. The molecule has 4 rings (SSSR count). The average molecular weight is 304 g/mol. The minimum Gasteiger partial charge on any atom is -0.488 e. The summed E-state index contributed by atoms with van der Waals surface area (Å²) < 4.78 is 6.25. The summed E-state index contributed by atoms with van der Waals surface area (Å²) in [5.41, 5.74) is 0. The van der Waals surface area contributed by atoms with E-state index in [-0.39, 0.29) is 10.9 Å². The summed E-state index contributed by atoms with van der Waals surface area (Å²) in [5.74, 6) is 2.91. The fraction of sp³-hybridized carbons (Fsp3) is 0.625. The Morgan fingerprint density at radius 1 is 1.48 bits per heavy atom. The van der Waals surface area contributed by atoms with Gasteiger partial charge in [-0.2, -0.15) is 0 Å². The van der Waals surface area contributed by atoms with Gasteiger partial charge in [0.05, 0.1) is 10.9 Å². The maximum atomic E-state index is 12.1. The van der Waals surface area contributed by atoms with Crippen molar-refractivity contribution in [2.45, 2.75) is 36.5 Å². The standard InChI is InChI=1S/C16H20N2O2S/c19-15(6-12-3-4-12)18-10-16(11-18)7-14(9-21-16)20-13-2-1-5-17-8-13/h1-2,5,8,12,14H,3-4,6-7,9-11H2. The number of carbonyl (C=O) groups excluding carboxylic acids is 1. The Morgan fingerprint density at radius 2 is 2.33 bits per heavy atom. The van der Waals surface area contributed by atoms with Crippen molar-refractivity contribution in [1.82, 2.24) is 9.88 Å². The third-order valence-corrected chi connectivity index (χ3v) is 6.16. The van der Waals surface area contributed by atoms with Gasteiger partial charge in [-0.25, -0.2) is 0 Å². The summed E-state index contributed by atoms with van der Waals surface area (Å²) in [6.45, 7) is 1.83. The lowest BCUT2D eigenvalue weighted by Gasteiger charge is -2.47. The maximum Gasteiger partial charge on any atom is 0.222 e. The molecule has 3 heterocycles. The van der Waals surface area contributed by atoms with Gasteiger partial charge in [-0.05, 0) is 30.9 Å². The van der Waals surface area contributed by atoms with Crippen LogP contribution in [0.15, 0.2) is 24.5 Å². The van der Waals surface area contributed by atoms with Gasteiger partial charge in [0.15, 0.2) is 0 Å². The van der Waals surface area contributed by atoms with E-state index in [1.165, 1.54) is 12.8 Å². The smallest absolute Gasteiger partial charge is 0.222 e. The molecule has 0 N–H and O–H groups in total. The van der Waals surface area contributed by atoms with Crippen LogP contribution in [0.1, 0.15) is 25.7 Å². The number of aromatic nitrogens is 1. The number of thioether (sulfide) groups is 1. The van der Waals surface area contributed by atoms with Crippen LogP contribution in [-0.2, 0) is 4.79 Å². The van der Waals surface area contributed by atoms with Gasteiger partial charge in [0.25, 0.3) is 0 Å². The summed E-state index contributed by atoms with van der Waals surface area (Å²) in [4.78, 5) is 18.2. The van der Waals surface area contributed by atoms with Crippen LogP contribution in [0.25, 0.3) is 0 Å². The van der Waals surface area contributed by atoms with Crippen LogP contribution < -0.4 is 4.74 Å². The molecule has 3 fully saturated rings. The highest BCUT2D eigenvalue weighted by Gasteiger charge is 2.51. The molecule has 0 bridgehead atoms. The van der Waals surface area contributed by atoms with E-state index >= 15 is 0 Å². The monoisotopic (exact) mass is 304 g/mol. The van der Waals surface area contributed by atoms with Crippen LogP contribution in [0.3, 0.4) is 0 Å². The summed E-state index contributed by atoms with van der Waals surface area (Å²) in [6.07, 6.45) is 8.09. The van der Waals surface area contributed by atoms with Crippen molar-refractivity contribution >= 4 is 17.7 Å². The Labute approximate surface area is 129 Å². The fourth-order valence-corrected chi connectivity index (χ4v) is 4.75. The first kappa shape index (κ1) is 13.4. The van der Waals surface area contributed by atoms with Crippen molar-refractivity contribution < 1.29 is 9.53 Å². The lowest BCUT2D eigenvalue weighted by molar-refractivity contribution is -0.136. The lowest BCUT2D eigenvalue weighted by atomic mass is 9.92. The Morgan fingerprint density at radius 3 is 3.05 bits per heavy atom. The largest absolute Gasteiger partial charge is 0.488 e. The number of carbonyl (C=O) groups is 1. The molecule has 21 heavy (non-hydrogen) atoms. The third kappa shape index (κ3) is 2.89. The van der Waals surface area contributed by atoms with Gasteiger partial charge in [-0.3, -0.25) is 9.78 Å². The van der Waals surface area contributed by atoms with Crippen molar-refractivity contribution in [3.05, 3.63) is 24.5 Å². The molecule has 1 aliphatic carbocycles. The second-order valence-electron chi connectivity index (χ2n) is 6.52. The Balaban J connectivity index is 1.28. The summed E-state index contributed by atoms with van der Waals surface area (Å²) >= 11 is 1.98. The quantitative estimate of drug-likeness (QED) is 0.856. The number of ether oxygens (including phenoxy) is 1. The maximum absolute atomic E-state index is 12.1. The first-order valence-electron chi connectivity index (χ1n) is 7.71. The summed E-state index contributed by atoms with van der Waals surface area (Å²) in [7, 11) is 0. The van der Waals surface area contributed by atoms with Crippen molar-refractivity contribution in [1.29, 1.82) is 0 Å². The predicted molar refractivity (Wildman–Crippen MR) is 82.4 cm³/mol. The van der Waals surface area contributed by atoms with Gasteiger partial charge in [-0.1, -0.05) is 0 Å². The molecule has 1 amide bonds. The molecule has 2 saturated heterocycles. The van der Waals surface area contributed by atoms with E-state index in [2.05, 4.69) is 4.98 Å². The number of pyridine rings is 1. The zero-order valence-corrected chi connectivity index (χ0v) is 12.8. The first-order valence-corrected chi connectivity index (χ1v) is 8.69. The molecule has 112 valence electrons. The lowest BCUT2D eigenvalue weighted by Crippen LogP contribution is -2.60. The normalized spacial score (nSPS) is 26.7. The highest BCUT2D eigenvalue weighted by molar-refractivity contribution is 8.01. The molecule has 1 aromatic heterocycles. The second kappa shape index (κ2) is 5.20. The molecule has 0 radical (unpaired) electrons. The number of nitrogens with zero attached hydrogens (tertiary/aromatic N) is 2. The molecule has 0 aromatic carbocycles. The van der Waals surface area contributed by atoms with E-state index in [0.717, 1.165) is 37.4 Å². The van der Waals surface area contributed by atoms with Gasteiger partial charge in [0.1, 0.15) is 11.9 Å². The zero-order chi connectivity index (χ0) is 14.3. The zero-order valence-electron chi connectivity index (χ0n) is 12.0. The average Bonchev–Trinajstić information content (AvgIpc) is 3.15. The van der Waals surface area contributed by atoms with Crippen LogP contribution in [0.2, 0.25) is 0 Å². The number of amides is 1. The Kier molecular flexibility index (Phi) is 3.32. The molecule has 1 aromatic rings. The van der Waals surface area contributed by atoms with Crippen LogP contribution in [0, 0.1) is 5.92 Å². The third-order valence-electron chi connectivity index (χ3n) is 4.58. The second-order valence-corrected chi connectivity index (χ2v) is 8.01. The summed E-state index contributed by atoms with van der Waals surface area (Å²) in [6, 6.07) is 3.85. The molecule has 1 atom stereocenters. The minimum absolute atomic E-state index is 0.250. The highest BCUT2D eigenvalue weighted by Crippen LogP contribution is 2.46. The van der Waals surface area contributed by atoms with E-state index in [1.807, 2.05) is 28.8 Å². The summed E-state index contributed by atoms with van der Waals surface area (Å²) in [5, 5.41) is 0. The molecule has 5 heteroatoms. The topological polar surface area (TPSA) is 42.4 Å². The first-order chi connectivity index (χ1) is 10.2.